The molecule has 6 nitrogen and oxygen atoms in total. The monoisotopic (exact) mass is 498 g/mol. The molecular formula is C26H31ClN4O2S. The lowest BCUT2D eigenvalue weighted by Gasteiger charge is -2.30. The molecular weight excluding hydrogens is 468 g/mol. The second-order valence-corrected chi connectivity index (χ2v) is 10.3. The van der Waals surface area contributed by atoms with E-state index in [-0.39, 0.29) is 11.8 Å². The highest BCUT2D eigenvalue weighted by molar-refractivity contribution is 7.98. The van der Waals surface area contributed by atoms with Crippen LogP contribution in [0.3, 0.4) is 0 Å². The molecule has 1 aliphatic heterocycles. The summed E-state index contributed by atoms with van der Waals surface area (Å²) >= 11 is 7.86. The van der Waals surface area contributed by atoms with Crippen molar-refractivity contribution >= 4 is 29.3 Å². The third-order valence-corrected chi connectivity index (χ3v) is 7.41. The lowest BCUT2D eigenvalue weighted by molar-refractivity contribution is -0.126. The average molecular weight is 499 g/mol. The Kier molecular flexibility index (Phi) is 9.02. The van der Waals surface area contributed by atoms with Crippen molar-refractivity contribution in [3.8, 4) is 11.4 Å². The number of thioether (sulfide) groups is 1. The third-order valence-electron chi connectivity index (χ3n) is 6.04. The first-order chi connectivity index (χ1) is 16.6. The fraction of sp³-hybridized carbons (Fsp3) is 0.423. The third kappa shape index (κ3) is 7.32. The lowest BCUT2D eigenvalue weighted by Crippen LogP contribution is -2.40. The van der Waals surface area contributed by atoms with E-state index < -0.39 is 0 Å². The van der Waals surface area contributed by atoms with Gasteiger partial charge in [0.2, 0.25) is 17.6 Å². The van der Waals surface area contributed by atoms with Gasteiger partial charge >= 0.3 is 0 Å². The molecule has 2 aromatic carbocycles. The Morgan fingerprint density at radius 2 is 1.88 bits per heavy atom. The molecule has 4 rings (SSSR count). The van der Waals surface area contributed by atoms with Gasteiger partial charge in [-0.3, -0.25) is 9.69 Å². The maximum Gasteiger partial charge on any atom is 0.241 e. The van der Waals surface area contributed by atoms with E-state index in [2.05, 4.69) is 51.5 Å². The van der Waals surface area contributed by atoms with Crippen LogP contribution in [0.2, 0.25) is 5.02 Å². The van der Waals surface area contributed by atoms with Crippen molar-refractivity contribution in [2.24, 2.45) is 5.92 Å². The first-order valence-electron chi connectivity index (χ1n) is 11.8. The second kappa shape index (κ2) is 12.4. The molecule has 1 aromatic heterocycles. The molecule has 180 valence electrons. The van der Waals surface area contributed by atoms with E-state index in [1.807, 2.05) is 36.0 Å². The van der Waals surface area contributed by atoms with E-state index in [1.165, 1.54) is 11.1 Å². The number of rotatable bonds is 10. The maximum atomic E-state index is 12.5. The van der Waals surface area contributed by atoms with Crippen molar-refractivity contribution in [3.05, 3.63) is 70.6 Å². The largest absolute Gasteiger partial charge is 0.356 e. The first kappa shape index (κ1) is 24.8. The first-order valence-corrected chi connectivity index (χ1v) is 13.3. The van der Waals surface area contributed by atoms with Gasteiger partial charge in [-0.15, -0.1) is 0 Å². The topological polar surface area (TPSA) is 71.3 Å². The molecule has 1 amide bonds. The van der Waals surface area contributed by atoms with E-state index in [0.29, 0.717) is 23.3 Å². The molecule has 0 atom stereocenters. The number of carbonyl (C=O) groups excluding carboxylic acids is 1. The van der Waals surface area contributed by atoms with Gasteiger partial charge in [0.05, 0.1) is 6.54 Å². The van der Waals surface area contributed by atoms with Crippen LogP contribution in [0.15, 0.2) is 53.1 Å². The Morgan fingerprint density at radius 1 is 1.15 bits per heavy atom. The molecule has 1 aliphatic rings. The number of carbonyl (C=O) groups is 1. The number of amides is 1. The number of aryl methyl sites for hydroxylation is 1. The maximum absolute atomic E-state index is 12.5. The van der Waals surface area contributed by atoms with Crippen LogP contribution in [0.1, 0.15) is 36.3 Å². The van der Waals surface area contributed by atoms with Crippen LogP contribution in [0.5, 0.6) is 0 Å². The number of aromatic nitrogens is 2. The highest BCUT2D eigenvalue weighted by Crippen LogP contribution is 2.22. The van der Waals surface area contributed by atoms with E-state index in [0.717, 1.165) is 56.0 Å². The molecule has 1 N–H and O–H groups in total. The number of nitrogens with one attached hydrogen (secondary N) is 1. The van der Waals surface area contributed by atoms with Gasteiger partial charge in [-0.2, -0.15) is 16.7 Å². The number of hydrogen-bond acceptors (Lipinski definition) is 6. The van der Waals surface area contributed by atoms with Crippen molar-refractivity contribution < 1.29 is 9.32 Å². The van der Waals surface area contributed by atoms with Crippen LogP contribution in [0.25, 0.3) is 11.4 Å². The van der Waals surface area contributed by atoms with Crippen molar-refractivity contribution in [1.82, 2.24) is 20.4 Å². The van der Waals surface area contributed by atoms with Crippen LogP contribution < -0.4 is 5.32 Å². The Morgan fingerprint density at radius 3 is 2.62 bits per heavy atom. The molecule has 0 saturated carbocycles. The second-order valence-electron chi connectivity index (χ2n) is 8.75. The van der Waals surface area contributed by atoms with Crippen molar-refractivity contribution in [2.45, 2.75) is 38.5 Å². The van der Waals surface area contributed by atoms with Gasteiger partial charge in [-0.1, -0.05) is 46.6 Å². The highest BCUT2D eigenvalue weighted by Gasteiger charge is 2.25. The Hall–Kier alpha value is -2.35. The van der Waals surface area contributed by atoms with Gasteiger partial charge in [-0.05, 0) is 74.9 Å². The molecule has 0 spiro atoms. The van der Waals surface area contributed by atoms with Crippen molar-refractivity contribution in [2.75, 3.05) is 25.4 Å². The fourth-order valence-electron chi connectivity index (χ4n) is 3.98. The normalized spacial score (nSPS) is 14.9. The minimum absolute atomic E-state index is 0.0868. The summed E-state index contributed by atoms with van der Waals surface area (Å²) in [7, 11) is 0. The quantitative estimate of drug-likeness (QED) is 0.380. The van der Waals surface area contributed by atoms with Crippen molar-refractivity contribution in [1.29, 1.82) is 0 Å². The smallest absolute Gasteiger partial charge is 0.241 e. The molecule has 3 aromatic rings. The van der Waals surface area contributed by atoms with Gasteiger partial charge in [-0.25, -0.2) is 0 Å². The predicted octanol–water partition coefficient (Wildman–Crippen LogP) is 5.35. The van der Waals surface area contributed by atoms with Gasteiger partial charge in [0.25, 0.3) is 0 Å². The number of halogens is 1. The Balaban J connectivity index is 1.10. The van der Waals surface area contributed by atoms with E-state index in [1.54, 1.807) is 0 Å². The minimum Gasteiger partial charge on any atom is -0.356 e. The summed E-state index contributed by atoms with van der Waals surface area (Å²) < 4.78 is 5.43. The van der Waals surface area contributed by atoms with E-state index in [9.17, 15) is 4.79 Å². The number of hydrogen-bond donors (Lipinski definition) is 1. The fourth-order valence-corrected chi connectivity index (χ4v) is 5.03. The van der Waals surface area contributed by atoms with Crippen LogP contribution in [-0.2, 0) is 17.1 Å². The molecule has 34 heavy (non-hydrogen) atoms. The lowest BCUT2D eigenvalue weighted by atomic mass is 9.96. The van der Waals surface area contributed by atoms with E-state index >= 15 is 0 Å². The summed E-state index contributed by atoms with van der Waals surface area (Å²) in [6.07, 6.45) is 2.70. The van der Waals surface area contributed by atoms with E-state index in [4.69, 9.17) is 16.1 Å². The molecule has 0 aliphatic carbocycles. The molecule has 1 saturated heterocycles. The summed E-state index contributed by atoms with van der Waals surface area (Å²) in [6.45, 7) is 5.16. The number of nitrogens with zero attached hydrogens (tertiary/aromatic N) is 3. The van der Waals surface area contributed by atoms with Gasteiger partial charge in [0.15, 0.2) is 0 Å². The Bertz CT molecular complexity index is 1050. The Labute approximate surface area is 210 Å². The molecule has 2 heterocycles. The summed E-state index contributed by atoms with van der Waals surface area (Å²) in [5.74, 6) is 3.51. The average Bonchev–Trinajstić information content (AvgIpc) is 3.31. The van der Waals surface area contributed by atoms with Gasteiger partial charge < -0.3 is 9.84 Å². The molecule has 0 radical (unpaired) electrons. The zero-order valence-electron chi connectivity index (χ0n) is 19.5. The SMILES string of the molecule is Cc1ccc(CSCCCNC(=O)C2CCN(Cc3nc(-c4ccc(Cl)cc4)no3)CC2)cc1. The van der Waals surface area contributed by atoms with Gasteiger partial charge in [0, 0.05) is 28.8 Å². The summed E-state index contributed by atoms with van der Waals surface area (Å²) in [6, 6.07) is 16.1. The highest BCUT2D eigenvalue weighted by atomic mass is 35.5. The minimum atomic E-state index is 0.0868. The standard InChI is InChI=1S/C26H31ClN4O2S/c1-19-3-5-20(6-4-19)18-34-16-2-13-28-26(32)22-11-14-31(15-12-22)17-24-29-25(30-33-24)21-7-9-23(27)10-8-21/h3-10,22H,2,11-18H2,1H3,(H,28,32). The summed E-state index contributed by atoms with van der Waals surface area (Å²) in [5, 5.41) is 7.88. The van der Waals surface area contributed by atoms with Crippen molar-refractivity contribution in [3.63, 3.8) is 0 Å². The molecule has 1 fully saturated rings. The number of benzene rings is 2. The zero-order chi connectivity index (χ0) is 23.8. The van der Waals surface area contributed by atoms with Crippen LogP contribution >= 0.6 is 23.4 Å². The number of likely N-dealkylation sites (tertiary alicyclic amines) is 1. The van der Waals surface area contributed by atoms with Crippen LogP contribution in [0, 0.1) is 12.8 Å². The number of piperidine rings is 1. The summed E-state index contributed by atoms with van der Waals surface area (Å²) in [5.41, 5.74) is 3.52. The van der Waals surface area contributed by atoms with Gasteiger partial charge in [0.1, 0.15) is 0 Å². The van der Waals surface area contributed by atoms with Crippen LogP contribution in [0.4, 0.5) is 0 Å². The zero-order valence-corrected chi connectivity index (χ0v) is 21.1. The molecule has 8 heteroatoms. The predicted molar refractivity (Wildman–Crippen MR) is 138 cm³/mol. The molecule has 0 unspecified atom stereocenters. The van der Waals surface area contributed by atoms with Crippen LogP contribution in [-0.4, -0.2) is 46.3 Å². The summed E-state index contributed by atoms with van der Waals surface area (Å²) in [4.78, 5) is 19.3. The molecule has 0 bridgehead atoms.